The van der Waals surface area contributed by atoms with E-state index >= 15 is 0 Å². The minimum absolute atomic E-state index is 0.0247. The highest BCUT2D eigenvalue weighted by Crippen LogP contribution is 2.21. The Hall–Kier alpha value is -1.18. The standard InChI is InChI=1S/C12H19FN2O3S/c1-4-18-12(2,3)8-15-19(16,17)11-9(13)6-5-7-10(11)14/h5-7,15H,4,8,14H2,1-3H3. The van der Waals surface area contributed by atoms with Gasteiger partial charge in [0.2, 0.25) is 10.0 Å². The molecule has 0 aliphatic carbocycles. The summed E-state index contributed by atoms with van der Waals surface area (Å²) >= 11 is 0. The SMILES string of the molecule is CCOC(C)(C)CNS(=O)(=O)c1c(N)cccc1F. The molecule has 19 heavy (non-hydrogen) atoms. The molecule has 0 atom stereocenters. The molecule has 0 fully saturated rings. The molecule has 0 amide bonds. The number of benzene rings is 1. The van der Waals surface area contributed by atoms with E-state index in [0.717, 1.165) is 6.07 Å². The van der Waals surface area contributed by atoms with Gasteiger partial charge in [0.05, 0.1) is 11.3 Å². The molecule has 5 nitrogen and oxygen atoms in total. The molecule has 0 heterocycles. The highest BCUT2D eigenvalue weighted by molar-refractivity contribution is 7.89. The summed E-state index contributed by atoms with van der Waals surface area (Å²) in [7, 11) is -4.00. The Morgan fingerprint density at radius 3 is 2.58 bits per heavy atom. The molecule has 7 heteroatoms. The Morgan fingerprint density at radius 1 is 1.42 bits per heavy atom. The van der Waals surface area contributed by atoms with E-state index in [2.05, 4.69) is 4.72 Å². The van der Waals surface area contributed by atoms with Crippen molar-refractivity contribution in [2.75, 3.05) is 18.9 Å². The lowest BCUT2D eigenvalue weighted by atomic mass is 10.1. The first-order valence-corrected chi connectivity index (χ1v) is 7.35. The molecule has 1 aromatic rings. The molecule has 1 aromatic carbocycles. The van der Waals surface area contributed by atoms with Crippen molar-refractivity contribution in [2.45, 2.75) is 31.3 Å². The fraction of sp³-hybridized carbons (Fsp3) is 0.500. The first-order valence-electron chi connectivity index (χ1n) is 5.87. The van der Waals surface area contributed by atoms with Gasteiger partial charge in [-0.1, -0.05) is 6.07 Å². The molecule has 0 aromatic heterocycles. The van der Waals surface area contributed by atoms with Crippen LogP contribution in [-0.4, -0.2) is 27.2 Å². The number of hydrogen-bond donors (Lipinski definition) is 2. The number of halogens is 1. The van der Waals surface area contributed by atoms with Gasteiger partial charge in [-0.15, -0.1) is 0 Å². The summed E-state index contributed by atoms with van der Waals surface area (Å²) in [4.78, 5) is -0.526. The third kappa shape index (κ3) is 4.15. The monoisotopic (exact) mass is 290 g/mol. The molecule has 0 saturated carbocycles. The number of nitrogen functional groups attached to an aromatic ring is 1. The third-order valence-corrected chi connectivity index (χ3v) is 3.98. The van der Waals surface area contributed by atoms with Gasteiger partial charge in [-0.2, -0.15) is 0 Å². The quantitative estimate of drug-likeness (QED) is 0.778. The average molecular weight is 290 g/mol. The van der Waals surface area contributed by atoms with Crippen molar-refractivity contribution in [3.8, 4) is 0 Å². The molecular formula is C12H19FN2O3S. The Balaban J connectivity index is 2.94. The molecule has 0 aliphatic heterocycles. The van der Waals surface area contributed by atoms with Gasteiger partial charge in [-0.05, 0) is 32.9 Å². The molecule has 0 aliphatic rings. The molecule has 0 spiro atoms. The van der Waals surface area contributed by atoms with Gasteiger partial charge in [0, 0.05) is 13.2 Å². The topological polar surface area (TPSA) is 81.4 Å². The van der Waals surface area contributed by atoms with Crippen LogP contribution >= 0.6 is 0 Å². The zero-order chi connectivity index (χ0) is 14.7. The second-order valence-corrected chi connectivity index (χ2v) is 6.38. The Bertz CT molecular complexity index is 524. The second kappa shape index (κ2) is 5.85. The van der Waals surface area contributed by atoms with Crippen LogP contribution < -0.4 is 10.5 Å². The third-order valence-electron chi connectivity index (χ3n) is 2.49. The normalized spacial score (nSPS) is 12.6. The summed E-state index contributed by atoms with van der Waals surface area (Å²) in [6.45, 7) is 5.77. The smallest absolute Gasteiger partial charge is 0.245 e. The van der Waals surface area contributed by atoms with Crippen molar-refractivity contribution < 1.29 is 17.5 Å². The Kier molecular flexibility index (Phi) is 4.89. The molecular weight excluding hydrogens is 271 g/mol. The minimum Gasteiger partial charge on any atom is -0.398 e. The first kappa shape index (κ1) is 15.9. The van der Waals surface area contributed by atoms with Crippen LogP contribution in [0.5, 0.6) is 0 Å². The molecule has 0 unspecified atom stereocenters. The van der Waals surface area contributed by atoms with E-state index < -0.39 is 26.3 Å². The van der Waals surface area contributed by atoms with Crippen molar-refractivity contribution in [1.82, 2.24) is 4.72 Å². The van der Waals surface area contributed by atoms with Crippen LogP contribution in [-0.2, 0) is 14.8 Å². The summed E-state index contributed by atoms with van der Waals surface area (Å²) in [6.07, 6.45) is 0. The van der Waals surface area contributed by atoms with Crippen molar-refractivity contribution in [2.24, 2.45) is 0 Å². The Morgan fingerprint density at radius 2 is 2.05 bits per heavy atom. The van der Waals surface area contributed by atoms with Gasteiger partial charge in [-0.25, -0.2) is 17.5 Å². The lowest BCUT2D eigenvalue weighted by Crippen LogP contribution is -2.40. The number of anilines is 1. The molecule has 108 valence electrons. The summed E-state index contributed by atoms with van der Waals surface area (Å²) in [5.74, 6) is -0.873. The summed E-state index contributed by atoms with van der Waals surface area (Å²) in [5, 5.41) is 0. The second-order valence-electron chi connectivity index (χ2n) is 4.68. The number of nitrogens with one attached hydrogen (secondary N) is 1. The van der Waals surface area contributed by atoms with E-state index in [1.165, 1.54) is 12.1 Å². The van der Waals surface area contributed by atoms with E-state index in [-0.39, 0.29) is 12.2 Å². The maximum Gasteiger partial charge on any atom is 0.245 e. The van der Waals surface area contributed by atoms with Crippen LogP contribution in [0.1, 0.15) is 20.8 Å². The average Bonchev–Trinajstić information content (AvgIpc) is 2.26. The van der Waals surface area contributed by atoms with E-state index in [0.29, 0.717) is 6.61 Å². The van der Waals surface area contributed by atoms with Crippen LogP contribution in [0.15, 0.2) is 23.1 Å². The van der Waals surface area contributed by atoms with Gasteiger partial charge < -0.3 is 10.5 Å². The molecule has 3 N–H and O–H groups in total. The van der Waals surface area contributed by atoms with Crippen molar-refractivity contribution in [3.05, 3.63) is 24.0 Å². The molecule has 0 saturated heterocycles. The van der Waals surface area contributed by atoms with Gasteiger partial charge in [-0.3, -0.25) is 0 Å². The molecule has 1 rings (SSSR count). The number of sulfonamides is 1. The zero-order valence-electron chi connectivity index (χ0n) is 11.2. The number of rotatable bonds is 6. The predicted molar refractivity (Wildman–Crippen MR) is 71.7 cm³/mol. The maximum absolute atomic E-state index is 13.6. The zero-order valence-corrected chi connectivity index (χ0v) is 12.1. The van der Waals surface area contributed by atoms with Crippen LogP contribution in [0.2, 0.25) is 0 Å². The Labute approximate surface area is 113 Å². The molecule has 0 radical (unpaired) electrons. The van der Waals surface area contributed by atoms with E-state index in [4.69, 9.17) is 10.5 Å². The van der Waals surface area contributed by atoms with Crippen molar-refractivity contribution in [1.29, 1.82) is 0 Å². The highest BCUT2D eigenvalue weighted by atomic mass is 32.2. The lowest BCUT2D eigenvalue weighted by molar-refractivity contribution is -0.00515. The summed E-state index contributed by atoms with van der Waals surface area (Å²) in [5.41, 5.74) is 4.71. The number of ether oxygens (including phenoxy) is 1. The highest BCUT2D eigenvalue weighted by Gasteiger charge is 2.26. The van der Waals surface area contributed by atoms with Gasteiger partial charge in [0.25, 0.3) is 0 Å². The van der Waals surface area contributed by atoms with Crippen LogP contribution in [0.4, 0.5) is 10.1 Å². The van der Waals surface area contributed by atoms with Gasteiger partial charge in [0.1, 0.15) is 10.7 Å². The van der Waals surface area contributed by atoms with Gasteiger partial charge in [0.15, 0.2) is 0 Å². The summed E-state index contributed by atoms with van der Waals surface area (Å²) in [6, 6.07) is 3.75. The fourth-order valence-corrected chi connectivity index (χ4v) is 2.98. The first-order chi connectivity index (χ1) is 8.69. The van der Waals surface area contributed by atoms with E-state index in [1.54, 1.807) is 13.8 Å². The largest absolute Gasteiger partial charge is 0.398 e. The number of nitrogens with two attached hydrogens (primary N) is 1. The van der Waals surface area contributed by atoms with Crippen LogP contribution in [0, 0.1) is 5.82 Å². The van der Waals surface area contributed by atoms with E-state index in [9.17, 15) is 12.8 Å². The van der Waals surface area contributed by atoms with Crippen LogP contribution in [0.3, 0.4) is 0 Å². The maximum atomic E-state index is 13.6. The van der Waals surface area contributed by atoms with Crippen molar-refractivity contribution in [3.63, 3.8) is 0 Å². The minimum atomic E-state index is -4.00. The van der Waals surface area contributed by atoms with E-state index in [1.807, 2.05) is 6.92 Å². The predicted octanol–water partition coefficient (Wildman–Crippen LogP) is 1.50. The fourth-order valence-electron chi connectivity index (χ4n) is 1.59. The molecule has 0 bridgehead atoms. The summed E-state index contributed by atoms with van der Waals surface area (Å²) < 4.78 is 45.3. The van der Waals surface area contributed by atoms with Gasteiger partial charge >= 0.3 is 0 Å². The lowest BCUT2D eigenvalue weighted by Gasteiger charge is -2.25. The van der Waals surface area contributed by atoms with Crippen molar-refractivity contribution >= 4 is 15.7 Å². The van der Waals surface area contributed by atoms with Crippen LogP contribution in [0.25, 0.3) is 0 Å². The number of hydrogen-bond acceptors (Lipinski definition) is 4.